The zero-order valence-electron chi connectivity index (χ0n) is 15.1. The van der Waals surface area contributed by atoms with E-state index in [-0.39, 0.29) is 36.4 Å². The highest BCUT2D eigenvalue weighted by molar-refractivity contribution is 6.02. The number of amides is 1. The van der Waals surface area contributed by atoms with Crippen molar-refractivity contribution in [3.05, 3.63) is 76.2 Å². The third kappa shape index (κ3) is 3.64. The summed E-state index contributed by atoms with van der Waals surface area (Å²) in [6.07, 6.45) is 1.07. The maximum atomic E-state index is 12.8. The van der Waals surface area contributed by atoms with Crippen molar-refractivity contribution in [1.82, 2.24) is 15.1 Å². The summed E-state index contributed by atoms with van der Waals surface area (Å²) >= 11 is 0. The molecule has 0 aliphatic carbocycles. The van der Waals surface area contributed by atoms with Crippen molar-refractivity contribution in [2.24, 2.45) is 0 Å². The fraction of sp³-hybridized carbons (Fsp3) is 0.238. The number of nitrogens with one attached hydrogen (secondary N) is 1. The number of nitrogens with zero attached hydrogens (tertiary/aromatic N) is 2. The third-order valence-electron chi connectivity index (χ3n) is 4.74. The van der Waals surface area contributed by atoms with Gasteiger partial charge in [0.05, 0.1) is 18.0 Å². The molecule has 3 aromatic rings. The second kappa shape index (κ2) is 7.64. The summed E-state index contributed by atoms with van der Waals surface area (Å²) in [6.45, 7) is 0.335. The molecule has 142 valence electrons. The lowest BCUT2D eigenvalue weighted by Gasteiger charge is -2.13. The molecule has 1 amide bonds. The summed E-state index contributed by atoms with van der Waals surface area (Å²) in [4.78, 5) is 36.8. The molecule has 1 aliphatic heterocycles. The van der Waals surface area contributed by atoms with Gasteiger partial charge in [-0.3, -0.25) is 9.59 Å². The highest BCUT2D eigenvalue weighted by Crippen LogP contribution is 2.16. The van der Waals surface area contributed by atoms with E-state index in [0.29, 0.717) is 23.6 Å². The summed E-state index contributed by atoms with van der Waals surface area (Å²) in [6, 6.07) is 16.1. The fourth-order valence-corrected chi connectivity index (χ4v) is 3.30. The molecule has 0 saturated carbocycles. The summed E-state index contributed by atoms with van der Waals surface area (Å²) in [5.74, 6) is -0.653. The van der Waals surface area contributed by atoms with Gasteiger partial charge >= 0.3 is 5.97 Å². The molecule has 1 N–H and O–H groups in total. The molecule has 2 heterocycles. The maximum absolute atomic E-state index is 12.8. The number of carbonyl (C=O) groups excluding carboxylic acids is 2. The number of rotatable bonds is 5. The highest BCUT2D eigenvalue weighted by Gasteiger charge is 2.24. The van der Waals surface area contributed by atoms with Crippen molar-refractivity contribution in [3.63, 3.8) is 0 Å². The van der Waals surface area contributed by atoms with E-state index in [4.69, 9.17) is 4.74 Å². The van der Waals surface area contributed by atoms with Crippen molar-refractivity contribution < 1.29 is 14.3 Å². The van der Waals surface area contributed by atoms with Crippen molar-refractivity contribution in [1.29, 1.82) is 0 Å². The number of aromatic nitrogens is 2. The smallest absolute Gasteiger partial charge is 0.359 e. The van der Waals surface area contributed by atoms with E-state index < -0.39 is 5.97 Å². The van der Waals surface area contributed by atoms with Gasteiger partial charge in [-0.25, -0.2) is 9.48 Å². The SMILES string of the molecule is O=C1CCC(COC(=O)c2nn(Cc3ccccc3)c(=O)c3ccccc23)N1. The monoisotopic (exact) mass is 377 g/mol. The summed E-state index contributed by atoms with van der Waals surface area (Å²) < 4.78 is 6.67. The Morgan fingerprint density at radius 1 is 1.07 bits per heavy atom. The predicted octanol–water partition coefficient (Wildman–Crippen LogP) is 1.88. The van der Waals surface area contributed by atoms with Crippen LogP contribution in [0.3, 0.4) is 0 Å². The number of esters is 1. The molecule has 0 radical (unpaired) electrons. The molecule has 0 spiro atoms. The Labute approximate surface area is 160 Å². The second-order valence-electron chi connectivity index (χ2n) is 6.74. The van der Waals surface area contributed by atoms with Crippen LogP contribution in [0.25, 0.3) is 10.8 Å². The minimum absolute atomic E-state index is 0.0407. The highest BCUT2D eigenvalue weighted by atomic mass is 16.5. The van der Waals surface area contributed by atoms with Crippen LogP contribution in [0.5, 0.6) is 0 Å². The van der Waals surface area contributed by atoms with Crippen molar-refractivity contribution in [3.8, 4) is 0 Å². The lowest BCUT2D eigenvalue weighted by Crippen LogP contribution is -2.32. The summed E-state index contributed by atoms with van der Waals surface area (Å²) in [7, 11) is 0. The van der Waals surface area contributed by atoms with Gasteiger partial charge in [0.15, 0.2) is 5.69 Å². The zero-order chi connectivity index (χ0) is 19.5. The number of fused-ring (bicyclic) bond motifs is 1. The molecule has 1 fully saturated rings. The van der Waals surface area contributed by atoms with Crippen molar-refractivity contribution in [2.45, 2.75) is 25.4 Å². The first-order valence-corrected chi connectivity index (χ1v) is 9.12. The molecule has 1 atom stereocenters. The van der Waals surface area contributed by atoms with Crippen LogP contribution < -0.4 is 10.9 Å². The molecule has 1 saturated heterocycles. The molecule has 4 rings (SSSR count). The molecular weight excluding hydrogens is 358 g/mol. The fourth-order valence-electron chi connectivity index (χ4n) is 3.30. The van der Waals surface area contributed by atoms with E-state index in [2.05, 4.69) is 10.4 Å². The molecule has 7 heteroatoms. The number of ether oxygens (including phenoxy) is 1. The average Bonchev–Trinajstić information content (AvgIpc) is 3.14. The largest absolute Gasteiger partial charge is 0.459 e. The Hall–Kier alpha value is -3.48. The maximum Gasteiger partial charge on any atom is 0.359 e. The third-order valence-corrected chi connectivity index (χ3v) is 4.74. The van der Waals surface area contributed by atoms with Gasteiger partial charge in [0.1, 0.15) is 6.61 Å². The molecule has 1 aromatic heterocycles. The van der Waals surface area contributed by atoms with Crippen LogP contribution in [0.4, 0.5) is 0 Å². The van der Waals surface area contributed by atoms with Crippen LogP contribution in [0, 0.1) is 0 Å². The van der Waals surface area contributed by atoms with E-state index in [1.807, 2.05) is 30.3 Å². The van der Waals surface area contributed by atoms with Gasteiger partial charge in [-0.15, -0.1) is 0 Å². The lowest BCUT2D eigenvalue weighted by atomic mass is 10.1. The minimum Gasteiger partial charge on any atom is -0.459 e. The molecular formula is C21H19N3O4. The topological polar surface area (TPSA) is 90.3 Å². The van der Waals surface area contributed by atoms with Gasteiger partial charge in [0.2, 0.25) is 5.91 Å². The Balaban J connectivity index is 1.66. The van der Waals surface area contributed by atoms with Gasteiger partial charge in [-0.1, -0.05) is 48.5 Å². The normalized spacial score (nSPS) is 16.1. The van der Waals surface area contributed by atoms with E-state index >= 15 is 0 Å². The molecule has 0 bridgehead atoms. The Morgan fingerprint density at radius 2 is 1.79 bits per heavy atom. The first-order chi connectivity index (χ1) is 13.6. The van der Waals surface area contributed by atoms with Crippen LogP contribution in [-0.2, 0) is 16.1 Å². The van der Waals surface area contributed by atoms with E-state index in [1.165, 1.54) is 4.68 Å². The molecule has 7 nitrogen and oxygen atoms in total. The number of hydrogen-bond donors (Lipinski definition) is 1. The van der Waals surface area contributed by atoms with Crippen molar-refractivity contribution in [2.75, 3.05) is 6.61 Å². The summed E-state index contributed by atoms with van der Waals surface area (Å²) in [5.41, 5.74) is 0.731. The van der Waals surface area contributed by atoms with E-state index in [0.717, 1.165) is 5.56 Å². The first kappa shape index (κ1) is 17.9. The standard InChI is InChI=1S/C21H19N3O4/c25-18-11-10-15(22-18)13-28-21(27)19-16-8-4-5-9-17(16)20(26)24(23-19)12-14-6-2-1-3-7-14/h1-9,15H,10-13H2,(H,22,25). The van der Waals surface area contributed by atoms with Crippen LogP contribution in [0.2, 0.25) is 0 Å². The van der Waals surface area contributed by atoms with Gasteiger partial charge < -0.3 is 10.1 Å². The van der Waals surface area contributed by atoms with Gasteiger partial charge in [-0.2, -0.15) is 5.10 Å². The van der Waals surface area contributed by atoms with Gasteiger partial charge in [0, 0.05) is 11.8 Å². The molecule has 28 heavy (non-hydrogen) atoms. The first-order valence-electron chi connectivity index (χ1n) is 9.12. The van der Waals surface area contributed by atoms with Crippen molar-refractivity contribution >= 4 is 22.6 Å². The second-order valence-corrected chi connectivity index (χ2v) is 6.74. The van der Waals surface area contributed by atoms with Crippen LogP contribution >= 0.6 is 0 Å². The van der Waals surface area contributed by atoms with Crippen LogP contribution in [0.1, 0.15) is 28.9 Å². The minimum atomic E-state index is -0.612. The Bertz CT molecular complexity index is 1090. The van der Waals surface area contributed by atoms with Crippen LogP contribution in [0.15, 0.2) is 59.4 Å². The molecule has 1 aliphatic rings. The van der Waals surface area contributed by atoms with E-state index in [9.17, 15) is 14.4 Å². The van der Waals surface area contributed by atoms with Crippen LogP contribution in [-0.4, -0.2) is 34.3 Å². The molecule has 1 unspecified atom stereocenters. The number of hydrogen-bond acceptors (Lipinski definition) is 5. The average molecular weight is 377 g/mol. The van der Waals surface area contributed by atoms with Gasteiger partial charge in [0.25, 0.3) is 5.56 Å². The predicted molar refractivity (Wildman–Crippen MR) is 103 cm³/mol. The number of carbonyl (C=O) groups is 2. The Morgan fingerprint density at radius 3 is 2.50 bits per heavy atom. The zero-order valence-corrected chi connectivity index (χ0v) is 15.1. The summed E-state index contributed by atoms with van der Waals surface area (Å²) in [5, 5.41) is 7.92. The lowest BCUT2D eigenvalue weighted by molar-refractivity contribution is -0.119. The quantitative estimate of drug-likeness (QED) is 0.686. The van der Waals surface area contributed by atoms with E-state index in [1.54, 1.807) is 24.3 Å². The molecule has 2 aromatic carbocycles. The Kier molecular flexibility index (Phi) is 4.89. The number of benzene rings is 2. The van der Waals surface area contributed by atoms with Gasteiger partial charge in [-0.05, 0) is 18.1 Å².